The van der Waals surface area contributed by atoms with Crippen LogP contribution in [0.15, 0.2) is 11.2 Å². The van der Waals surface area contributed by atoms with Crippen molar-refractivity contribution in [2.75, 3.05) is 5.43 Å². The van der Waals surface area contributed by atoms with Crippen molar-refractivity contribution in [1.82, 2.24) is 9.97 Å². The third kappa shape index (κ3) is 3.80. The zero-order valence-corrected chi connectivity index (χ0v) is 10.6. The molecule has 0 spiro atoms. The summed E-state index contributed by atoms with van der Waals surface area (Å²) >= 11 is 0. The van der Waals surface area contributed by atoms with E-state index < -0.39 is 0 Å². The van der Waals surface area contributed by atoms with Crippen LogP contribution in [0.1, 0.15) is 43.5 Å². The molecule has 0 saturated heterocycles. The number of hydrogen-bond acceptors (Lipinski definition) is 4. The third-order valence-corrected chi connectivity index (χ3v) is 3.08. The van der Waals surface area contributed by atoms with Crippen LogP contribution in [0.2, 0.25) is 0 Å². The van der Waals surface area contributed by atoms with Crippen LogP contribution in [-0.4, -0.2) is 16.2 Å². The van der Waals surface area contributed by atoms with Gasteiger partial charge in [0.05, 0.1) is 0 Å². The topological polar surface area (TPSA) is 50.2 Å². The Hall–Kier alpha value is -1.45. The Morgan fingerprint density at radius 3 is 2.47 bits per heavy atom. The first kappa shape index (κ1) is 12.0. The first-order chi connectivity index (χ1) is 8.24. The molecule has 0 amide bonds. The molecular weight excluding hydrogens is 212 g/mol. The van der Waals surface area contributed by atoms with E-state index in [1.165, 1.54) is 32.1 Å². The summed E-state index contributed by atoms with van der Waals surface area (Å²) in [6.07, 6.45) is 8.57. The Kier molecular flexibility index (Phi) is 4.07. The van der Waals surface area contributed by atoms with E-state index in [9.17, 15) is 0 Å². The Morgan fingerprint density at radius 2 is 1.82 bits per heavy atom. The molecule has 1 aliphatic rings. The molecule has 4 nitrogen and oxygen atoms in total. The summed E-state index contributed by atoms with van der Waals surface area (Å²) in [6.45, 7) is 3.93. The Morgan fingerprint density at radius 1 is 1.18 bits per heavy atom. The molecule has 1 aromatic rings. The van der Waals surface area contributed by atoms with Crippen LogP contribution in [0.5, 0.6) is 0 Å². The van der Waals surface area contributed by atoms with Crippen LogP contribution in [0.3, 0.4) is 0 Å². The van der Waals surface area contributed by atoms with Gasteiger partial charge in [-0.25, -0.2) is 15.4 Å². The number of nitrogens with zero attached hydrogens (tertiary/aromatic N) is 3. The lowest BCUT2D eigenvalue weighted by Crippen LogP contribution is -2.08. The highest BCUT2D eigenvalue weighted by molar-refractivity contribution is 5.61. The fourth-order valence-electron chi connectivity index (χ4n) is 2.26. The van der Waals surface area contributed by atoms with Crippen LogP contribution < -0.4 is 5.43 Å². The molecule has 17 heavy (non-hydrogen) atoms. The second-order valence-electron chi connectivity index (χ2n) is 4.76. The minimum absolute atomic E-state index is 0.592. The third-order valence-electron chi connectivity index (χ3n) is 3.08. The van der Waals surface area contributed by atoms with Gasteiger partial charge in [0, 0.05) is 17.6 Å². The van der Waals surface area contributed by atoms with Gasteiger partial charge in [-0.1, -0.05) is 19.3 Å². The molecule has 0 radical (unpaired) electrons. The zero-order chi connectivity index (χ0) is 12.1. The second-order valence-corrected chi connectivity index (χ2v) is 4.76. The van der Waals surface area contributed by atoms with Crippen LogP contribution in [-0.2, 0) is 0 Å². The minimum Gasteiger partial charge on any atom is -0.245 e. The number of rotatable bonds is 3. The summed E-state index contributed by atoms with van der Waals surface area (Å²) in [5.74, 6) is 1.22. The molecule has 0 bridgehead atoms. The SMILES string of the molecule is Cc1cc(C)nc(N/N=C/C2CCCCC2)n1. The highest BCUT2D eigenvalue weighted by Crippen LogP contribution is 2.21. The van der Waals surface area contributed by atoms with Crippen molar-refractivity contribution in [2.24, 2.45) is 11.0 Å². The fourth-order valence-corrected chi connectivity index (χ4v) is 2.26. The number of nitrogens with one attached hydrogen (secondary N) is 1. The van der Waals surface area contributed by atoms with Gasteiger partial charge in [0.25, 0.3) is 0 Å². The van der Waals surface area contributed by atoms with Crippen molar-refractivity contribution in [2.45, 2.75) is 46.0 Å². The van der Waals surface area contributed by atoms with Gasteiger partial charge in [-0.15, -0.1) is 0 Å². The quantitative estimate of drug-likeness (QED) is 0.643. The predicted molar refractivity (Wildman–Crippen MR) is 70.2 cm³/mol. The maximum Gasteiger partial charge on any atom is 0.243 e. The van der Waals surface area contributed by atoms with Gasteiger partial charge < -0.3 is 0 Å². The van der Waals surface area contributed by atoms with Crippen molar-refractivity contribution in [1.29, 1.82) is 0 Å². The lowest BCUT2D eigenvalue weighted by atomic mass is 9.90. The molecule has 92 valence electrons. The van der Waals surface area contributed by atoms with Crippen molar-refractivity contribution in [3.63, 3.8) is 0 Å². The maximum absolute atomic E-state index is 4.28. The summed E-state index contributed by atoms with van der Waals surface area (Å²) < 4.78 is 0. The van der Waals surface area contributed by atoms with Gasteiger partial charge in [0.15, 0.2) is 0 Å². The minimum atomic E-state index is 0.592. The van der Waals surface area contributed by atoms with Gasteiger partial charge in [0.2, 0.25) is 5.95 Å². The van der Waals surface area contributed by atoms with Crippen LogP contribution in [0.4, 0.5) is 5.95 Å². The number of hydrogen-bond donors (Lipinski definition) is 1. The van der Waals surface area contributed by atoms with E-state index >= 15 is 0 Å². The zero-order valence-electron chi connectivity index (χ0n) is 10.6. The predicted octanol–water partition coefficient (Wildman–Crippen LogP) is 3.07. The van der Waals surface area contributed by atoms with Gasteiger partial charge >= 0.3 is 0 Å². The Labute approximate surface area is 103 Å². The van der Waals surface area contributed by atoms with E-state index in [0.717, 1.165) is 11.4 Å². The normalized spacial score (nSPS) is 17.5. The van der Waals surface area contributed by atoms with Crippen molar-refractivity contribution in [3.8, 4) is 0 Å². The molecule has 1 fully saturated rings. The summed E-state index contributed by atoms with van der Waals surface area (Å²) in [5.41, 5.74) is 4.85. The molecule has 1 aliphatic carbocycles. The van der Waals surface area contributed by atoms with E-state index in [4.69, 9.17) is 0 Å². The average Bonchev–Trinajstić information content (AvgIpc) is 2.29. The van der Waals surface area contributed by atoms with Gasteiger partial charge in [-0.3, -0.25) is 0 Å². The van der Waals surface area contributed by atoms with Gasteiger partial charge in [0.1, 0.15) is 0 Å². The first-order valence-electron chi connectivity index (χ1n) is 6.35. The molecule has 1 saturated carbocycles. The van der Waals surface area contributed by atoms with Gasteiger partial charge in [-0.2, -0.15) is 5.10 Å². The number of aromatic nitrogens is 2. The van der Waals surface area contributed by atoms with E-state index in [2.05, 4.69) is 20.5 Å². The van der Waals surface area contributed by atoms with Crippen LogP contribution in [0.25, 0.3) is 0 Å². The lowest BCUT2D eigenvalue weighted by Gasteiger charge is -2.16. The molecule has 1 heterocycles. The number of anilines is 1. The van der Waals surface area contributed by atoms with Gasteiger partial charge in [-0.05, 0) is 38.7 Å². The molecule has 0 unspecified atom stereocenters. The van der Waals surface area contributed by atoms with E-state index in [0.29, 0.717) is 11.9 Å². The molecule has 0 aliphatic heterocycles. The smallest absolute Gasteiger partial charge is 0.243 e. The largest absolute Gasteiger partial charge is 0.245 e. The van der Waals surface area contributed by atoms with E-state index in [-0.39, 0.29) is 0 Å². The molecule has 4 heteroatoms. The van der Waals surface area contributed by atoms with Crippen molar-refractivity contribution >= 4 is 12.2 Å². The van der Waals surface area contributed by atoms with Crippen LogP contribution >= 0.6 is 0 Å². The molecular formula is C13H20N4. The monoisotopic (exact) mass is 232 g/mol. The molecule has 1 N–H and O–H groups in total. The van der Waals surface area contributed by atoms with Crippen molar-refractivity contribution < 1.29 is 0 Å². The maximum atomic E-state index is 4.28. The highest BCUT2D eigenvalue weighted by atomic mass is 15.3. The average molecular weight is 232 g/mol. The molecule has 2 rings (SSSR count). The number of hydrazone groups is 1. The van der Waals surface area contributed by atoms with Crippen LogP contribution in [0, 0.1) is 19.8 Å². The summed E-state index contributed by atoms with van der Waals surface area (Å²) in [4.78, 5) is 8.56. The Bertz CT molecular complexity index is 374. The molecule has 1 aromatic heterocycles. The van der Waals surface area contributed by atoms with Crippen molar-refractivity contribution in [3.05, 3.63) is 17.5 Å². The molecule has 0 aromatic carbocycles. The second kappa shape index (κ2) is 5.75. The van der Waals surface area contributed by atoms with E-state index in [1.807, 2.05) is 26.1 Å². The highest BCUT2D eigenvalue weighted by Gasteiger charge is 2.10. The summed E-state index contributed by atoms with van der Waals surface area (Å²) in [6, 6.07) is 1.95. The first-order valence-corrected chi connectivity index (χ1v) is 6.35. The summed E-state index contributed by atoms with van der Waals surface area (Å²) in [5, 5.41) is 4.25. The van der Waals surface area contributed by atoms with E-state index in [1.54, 1.807) is 0 Å². The Balaban J connectivity index is 1.90. The fraction of sp³-hybridized carbons (Fsp3) is 0.615. The molecule has 0 atom stereocenters. The summed E-state index contributed by atoms with van der Waals surface area (Å²) in [7, 11) is 0. The number of aryl methyl sites for hydroxylation is 2. The standard InChI is InChI=1S/C13H20N4/c1-10-8-11(2)16-13(15-10)17-14-9-12-6-4-3-5-7-12/h8-9,12H,3-7H2,1-2H3,(H,15,16,17)/b14-9+. The lowest BCUT2D eigenvalue weighted by molar-refractivity contribution is 0.445.